The number of ketones is 1. The summed E-state index contributed by atoms with van der Waals surface area (Å²) in [5.74, 6) is 16.9. The number of aromatic hydroxyl groups is 1. The zero-order valence-corrected chi connectivity index (χ0v) is 38.8. The first-order valence-corrected chi connectivity index (χ1v) is 25.3. The van der Waals surface area contributed by atoms with Crippen LogP contribution in [0.2, 0.25) is 0 Å². The van der Waals surface area contributed by atoms with Crippen LogP contribution in [-0.4, -0.2) is 82.4 Å². The van der Waals surface area contributed by atoms with Crippen molar-refractivity contribution >= 4 is 33.3 Å². The number of benzene rings is 3. The molecule has 3 aromatic rings. The lowest BCUT2D eigenvalue weighted by molar-refractivity contribution is -0.121. The Morgan fingerprint density at radius 1 is 0.984 bits per heavy atom. The Kier molecular flexibility index (Phi) is 14.9. The smallest absolute Gasteiger partial charge is 0.201 e. The second kappa shape index (κ2) is 20.8. The van der Waals surface area contributed by atoms with E-state index in [1.54, 1.807) is 33.7 Å². The van der Waals surface area contributed by atoms with E-state index in [0.717, 1.165) is 53.7 Å². The molecule has 0 amide bonds. The van der Waals surface area contributed by atoms with E-state index in [4.69, 9.17) is 24.9 Å². The van der Waals surface area contributed by atoms with Crippen molar-refractivity contribution in [2.24, 2.45) is 34.4 Å². The van der Waals surface area contributed by atoms with E-state index in [2.05, 4.69) is 84.6 Å². The second-order valence-corrected chi connectivity index (χ2v) is 20.9. The monoisotopic (exact) mass is 906 g/mol. The molecule has 64 heavy (non-hydrogen) atoms. The summed E-state index contributed by atoms with van der Waals surface area (Å²) in [4.78, 5) is 18.2. The summed E-state index contributed by atoms with van der Waals surface area (Å²) in [7, 11) is 5.04. The number of carbonyl (C=O) groups excluding carboxylic acids is 1. The van der Waals surface area contributed by atoms with Crippen molar-refractivity contribution in [3.05, 3.63) is 81.9 Å². The Bertz CT molecular complexity index is 2320. The molecule has 7 N–H and O–H groups in total. The summed E-state index contributed by atoms with van der Waals surface area (Å²) >= 11 is 0. The molecule has 8 atom stereocenters. The van der Waals surface area contributed by atoms with Gasteiger partial charge in [-0.3, -0.25) is 10.1 Å². The highest BCUT2D eigenvalue weighted by Gasteiger charge is 2.44. The number of phenolic OH excluding ortho intramolecular Hbond substituents is 1. The van der Waals surface area contributed by atoms with Crippen LogP contribution in [0.1, 0.15) is 92.2 Å². The Balaban J connectivity index is 1.26. The van der Waals surface area contributed by atoms with Crippen LogP contribution in [0, 0.1) is 47.4 Å². The van der Waals surface area contributed by atoms with E-state index in [1.807, 2.05) is 0 Å². The Morgan fingerprint density at radius 3 is 2.62 bits per heavy atom. The average molecular weight is 907 g/mol. The Labute approximate surface area is 385 Å². The van der Waals surface area contributed by atoms with Gasteiger partial charge in [0, 0.05) is 65.7 Å². The van der Waals surface area contributed by atoms with Crippen LogP contribution in [0.25, 0.3) is 0 Å². The molecule has 4 heterocycles. The fraction of sp³-hybridized carbons (Fsp3) is 0.529. The molecule has 3 aromatic carbocycles. The molecule has 11 nitrogen and oxygen atoms in total. The van der Waals surface area contributed by atoms with Gasteiger partial charge in [0.2, 0.25) is 6.29 Å². The van der Waals surface area contributed by atoms with Crippen molar-refractivity contribution in [1.29, 1.82) is 0 Å². The van der Waals surface area contributed by atoms with Gasteiger partial charge in [-0.25, -0.2) is 4.99 Å². The van der Waals surface area contributed by atoms with Crippen molar-refractivity contribution in [3.8, 4) is 46.7 Å². The topological polar surface area (TPSA) is 168 Å². The highest BCUT2D eigenvalue weighted by Crippen LogP contribution is 2.47. The molecule has 0 aromatic heterocycles. The van der Waals surface area contributed by atoms with Crippen molar-refractivity contribution in [1.82, 2.24) is 10.6 Å². The van der Waals surface area contributed by atoms with Crippen molar-refractivity contribution in [3.63, 3.8) is 0 Å². The fourth-order valence-electron chi connectivity index (χ4n) is 10.2. The number of nitrogens with two attached hydrogens (primary N) is 1. The Morgan fingerprint density at radius 2 is 1.81 bits per heavy atom. The number of aryl methyl sites for hydroxylation is 2. The van der Waals surface area contributed by atoms with Crippen LogP contribution in [0.5, 0.6) is 23.0 Å². The van der Waals surface area contributed by atoms with Gasteiger partial charge >= 0.3 is 0 Å². The number of fused-ring (bicyclic) bond motifs is 7. The lowest BCUT2D eigenvalue weighted by Gasteiger charge is -2.40. The number of aliphatic hydroxyl groups excluding tert-OH is 2. The van der Waals surface area contributed by atoms with Gasteiger partial charge in [0.05, 0.1) is 30.9 Å². The highest BCUT2D eigenvalue weighted by atomic mass is 33.1. The number of Topliss-reactive ketones (excluding diaryl/α,β-unsaturated/α-hetero) is 1. The lowest BCUT2D eigenvalue weighted by atomic mass is 9.78. The zero-order valence-electron chi connectivity index (χ0n) is 37.2. The molecule has 1 fully saturated rings. The van der Waals surface area contributed by atoms with Crippen molar-refractivity contribution in [2.75, 3.05) is 25.3 Å². The summed E-state index contributed by atoms with van der Waals surface area (Å²) in [6.07, 6.45) is 4.68. The number of guanidine groups is 1. The van der Waals surface area contributed by atoms with E-state index in [-0.39, 0.29) is 66.7 Å². The molecule has 4 aliphatic heterocycles. The van der Waals surface area contributed by atoms with Gasteiger partial charge in [-0.05, 0) is 79.5 Å². The highest BCUT2D eigenvalue weighted by molar-refractivity contribution is 8.76. The maximum absolute atomic E-state index is 13.3. The minimum absolute atomic E-state index is 0.0205. The minimum atomic E-state index is -1.20. The fourth-order valence-corrected chi connectivity index (χ4v) is 13.0. The van der Waals surface area contributed by atoms with E-state index in [0.29, 0.717) is 72.7 Å². The maximum Gasteiger partial charge on any atom is 0.201 e. The molecule has 6 bridgehead atoms. The van der Waals surface area contributed by atoms with Gasteiger partial charge in [0.1, 0.15) is 12.5 Å². The average Bonchev–Trinajstić information content (AvgIpc) is 3.66. The summed E-state index contributed by atoms with van der Waals surface area (Å²) < 4.78 is 19.2. The molecule has 1 saturated carbocycles. The number of aliphatic hydroxyl groups is 2. The van der Waals surface area contributed by atoms with Crippen molar-refractivity contribution in [2.45, 2.75) is 121 Å². The molecular formula is C51H62N4O7S2. The van der Waals surface area contributed by atoms with Crippen LogP contribution < -0.4 is 30.6 Å². The largest absolute Gasteiger partial charge is 0.504 e. The first-order valence-electron chi connectivity index (χ1n) is 22.9. The van der Waals surface area contributed by atoms with Crippen LogP contribution in [0.15, 0.2) is 53.5 Å². The third-order valence-electron chi connectivity index (χ3n) is 13.9. The number of hydrogen-bond donors (Lipinski definition) is 6. The van der Waals surface area contributed by atoms with Gasteiger partial charge in [-0.2, -0.15) is 0 Å². The van der Waals surface area contributed by atoms with Gasteiger partial charge in [0.25, 0.3) is 0 Å². The van der Waals surface area contributed by atoms with Crippen LogP contribution in [0.3, 0.4) is 0 Å². The second-order valence-electron chi connectivity index (χ2n) is 18.4. The molecule has 2 aliphatic carbocycles. The number of carbonyl (C=O) groups is 1. The van der Waals surface area contributed by atoms with Gasteiger partial charge < -0.3 is 40.6 Å². The Hall–Kier alpha value is -4.50. The molecule has 8 unspecified atom stereocenters. The molecule has 0 saturated heterocycles. The molecule has 13 heteroatoms. The number of rotatable bonds is 4. The number of aliphatic imine (C=N–C) groups is 1. The van der Waals surface area contributed by atoms with Crippen LogP contribution in [0.4, 0.5) is 0 Å². The number of ether oxygens (including phenoxy) is 3. The van der Waals surface area contributed by atoms with E-state index >= 15 is 0 Å². The SMILES string of the molecule is COc1c(O)ccc2c1C#CCc1cc(c3c4c1OCNC1(CC#CC5NC(N)=NC(C(C)C)CSSCC5C(C3)C(O)O4)CCCC1Cc1ccccc1)CCC(O)CC(=O)CC2. The number of nitrogens with one attached hydrogen (secondary N) is 2. The van der Waals surface area contributed by atoms with Crippen molar-refractivity contribution < 1.29 is 34.3 Å². The van der Waals surface area contributed by atoms with Gasteiger partial charge in [-0.1, -0.05) is 108 Å². The van der Waals surface area contributed by atoms with Crippen LogP contribution in [-0.2, 0) is 36.9 Å². The first-order chi connectivity index (χ1) is 31.0. The van der Waals surface area contributed by atoms with E-state index in [1.165, 1.54) is 12.7 Å². The normalized spacial score (nSPS) is 28.7. The van der Waals surface area contributed by atoms with E-state index in [9.17, 15) is 20.1 Å². The molecule has 340 valence electrons. The zero-order chi connectivity index (χ0) is 44.8. The third kappa shape index (κ3) is 10.5. The predicted octanol–water partition coefficient (Wildman–Crippen LogP) is 6.49. The third-order valence-corrected chi connectivity index (χ3v) is 16.4. The van der Waals surface area contributed by atoms with Gasteiger partial charge in [0.15, 0.2) is 29.0 Å². The number of nitrogens with zero attached hydrogens (tertiary/aromatic N) is 1. The summed E-state index contributed by atoms with van der Waals surface area (Å²) in [6.45, 7) is 4.50. The quantitative estimate of drug-likeness (QED) is 0.125. The number of methoxy groups -OCH3 is 1. The van der Waals surface area contributed by atoms with Gasteiger partial charge in [-0.15, -0.1) is 0 Å². The first kappa shape index (κ1) is 46.0. The standard InChI is InChI=1S/C51H62N4O7S2/c1-31(2)44-29-64-63-28-42-41-27-40-34-17-20-38(57)26-37(56)19-16-33-18-21-45(58)47(60-3)39(33)14-7-12-35(25-34)46(48(40)62-49(41)59)61-30-53-51(23-9-15-43(42)54-50(52)55-44)22-8-13-36(51)24-32-10-5-4-6-11-32/h4-6,10-11,18,21,25,31,36,38,41-44,49,53,57-59H,8,12-13,16-17,19-20,22-24,26-30H2,1-3H3,(H3,52,54,55). The summed E-state index contributed by atoms with van der Waals surface area (Å²) in [5, 5.41) is 41.7. The summed E-state index contributed by atoms with van der Waals surface area (Å²) in [6, 6.07) is 15.7. The molecule has 0 radical (unpaired) electrons. The number of phenols is 1. The minimum Gasteiger partial charge on any atom is -0.504 e. The predicted molar refractivity (Wildman–Crippen MR) is 255 cm³/mol. The molecule has 1 spiro atoms. The van der Waals surface area contributed by atoms with E-state index < -0.39 is 18.4 Å². The number of hydrogen-bond acceptors (Lipinski definition) is 13. The lowest BCUT2D eigenvalue weighted by Crippen LogP contribution is -2.52. The summed E-state index contributed by atoms with van der Waals surface area (Å²) in [5.41, 5.74) is 11.6. The maximum atomic E-state index is 13.3. The van der Waals surface area contributed by atoms with Crippen LogP contribution >= 0.6 is 21.6 Å². The molecule has 6 aliphatic rings. The molecule has 9 rings (SSSR count). The molecular weight excluding hydrogens is 845 g/mol.